The molecule has 0 aromatic heterocycles. The number of nitrogens with zero attached hydrogens (tertiary/aromatic N) is 1. The van der Waals surface area contributed by atoms with Crippen LogP contribution in [0.15, 0.2) is 23.1 Å². The minimum absolute atomic E-state index is 0.138. The zero-order valence-electron chi connectivity index (χ0n) is 11.8. The Balaban J connectivity index is 2.36. The lowest BCUT2D eigenvalue weighted by Gasteiger charge is -2.23. The molecule has 0 bridgehead atoms. The van der Waals surface area contributed by atoms with Crippen molar-refractivity contribution in [2.75, 3.05) is 25.6 Å². The van der Waals surface area contributed by atoms with Crippen molar-refractivity contribution in [1.82, 2.24) is 4.72 Å². The topological polar surface area (TPSA) is 111 Å². The van der Waals surface area contributed by atoms with Gasteiger partial charge in [0.1, 0.15) is 5.69 Å². The first-order valence-electron chi connectivity index (χ1n) is 6.35. The van der Waals surface area contributed by atoms with E-state index in [-0.39, 0.29) is 22.9 Å². The molecular weight excluding hydrogens is 298 g/mol. The van der Waals surface area contributed by atoms with E-state index < -0.39 is 20.5 Å². The number of ether oxygens (including phenoxy) is 1. The molecule has 116 valence electrons. The Kier molecular flexibility index (Phi) is 4.17. The number of nitro benzene ring substituents is 1. The van der Waals surface area contributed by atoms with Gasteiger partial charge in [-0.1, -0.05) is 0 Å². The third-order valence-electron chi connectivity index (χ3n) is 3.35. The van der Waals surface area contributed by atoms with E-state index in [1.807, 2.05) is 0 Å². The molecule has 1 aromatic rings. The summed E-state index contributed by atoms with van der Waals surface area (Å²) in [5, 5.41) is 13.7. The number of hydrogen-bond donors (Lipinski definition) is 2. The second-order valence-corrected chi connectivity index (χ2v) is 6.84. The number of anilines is 1. The maximum absolute atomic E-state index is 12.4. The average Bonchev–Trinajstić information content (AvgIpc) is 2.83. The van der Waals surface area contributed by atoms with Crippen molar-refractivity contribution >= 4 is 21.4 Å². The highest BCUT2D eigenvalue weighted by Crippen LogP contribution is 2.28. The molecule has 1 atom stereocenters. The maximum atomic E-state index is 12.4. The second-order valence-electron chi connectivity index (χ2n) is 5.15. The molecule has 2 rings (SSSR count). The molecule has 1 fully saturated rings. The fraction of sp³-hybridized carbons (Fsp3) is 0.500. The van der Waals surface area contributed by atoms with E-state index in [0.717, 1.165) is 6.07 Å². The number of hydrogen-bond acceptors (Lipinski definition) is 6. The number of sulfonamides is 1. The van der Waals surface area contributed by atoms with Gasteiger partial charge >= 0.3 is 0 Å². The monoisotopic (exact) mass is 315 g/mol. The van der Waals surface area contributed by atoms with Gasteiger partial charge in [-0.25, -0.2) is 13.1 Å². The van der Waals surface area contributed by atoms with Gasteiger partial charge in [-0.2, -0.15) is 0 Å². The number of benzene rings is 1. The van der Waals surface area contributed by atoms with Crippen LogP contribution in [0.5, 0.6) is 0 Å². The minimum atomic E-state index is -3.85. The molecule has 1 heterocycles. The van der Waals surface area contributed by atoms with Crippen molar-refractivity contribution in [3.05, 3.63) is 28.3 Å². The zero-order valence-corrected chi connectivity index (χ0v) is 12.6. The third-order valence-corrected chi connectivity index (χ3v) is 4.98. The van der Waals surface area contributed by atoms with Gasteiger partial charge in [0.05, 0.1) is 22.0 Å². The summed E-state index contributed by atoms with van der Waals surface area (Å²) in [5.41, 5.74) is -0.711. The summed E-state index contributed by atoms with van der Waals surface area (Å²) in [7, 11) is -2.31. The fourth-order valence-electron chi connectivity index (χ4n) is 2.17. The van der Waals surface area contributed by atoms with Gasteiger partial charge in [-0.15, -0.1) is 0 Å². The highest BCUT2D eigenvalue weighted by molar-refractivity contribution is 7.89. The van der Waals surface area contributed by atoms with Crippen molar-refractivity contribution in [1.29, 1.82) is 0 Å². The summed E-state index contributed by atoms with van der Waals surface area (Å²) in [6.07, 6.45) is 0.558. The van der Waals surface area contributed by atoms with Crippen LogP contribution in [0, 0.1) is 10.1 Å². The van der Waals surface area contributed by atoms with Crippen LogP contribution in [-0.2, 0) is 14.8 Å². The predicted octanol–water partition coefficient (Wildman–Crippen LogP) is 1.09. The lowest BCUT2D eigenvalue weighted by Crippen LogP contribution is -2.46. The van der Waals surface area contributed by atoms with Gasteiger partial charge in [0, 0.05) is 19.7 Å². The second kappa shape index (κ2) is 5.58. The summed E-state index contributed by atoms with van der Waals surface area (Å²) in [6, 6.07) is 3.76. The fourth-order valence-corrected chi connectivity index (χ4v) is 3.61. The number of nitro groups is 1. The first-order chi connectivity index (χ1) is 9.77. The van der Waals surface area contributed by atoms with Crippen LogP contribution in [0.25, 0.3) is 0 Å². The van der Waals surface area contributed by atoms with Crippen LogP contribution in [0.3, 0.4) is 0 Å². The molecule has 1 aliphatic rings. The highest BCUT2D eigenvalue weighted by atomic mass is 32.2. The SMILES string of the molecule is CNc1ccc(S(=O)(=O)NC2(C)CCOC2)cc1[N+](=O)[O-]. The van der Waals surface area contributed by atoms with Gasteiger partial charge in [0.15, 0.2) is 0 Å². The number of nitrogens with one attached hydrogen (secondary N) is 2. The Bertz CT molecular complexity index is 653. The van der Waals surface area contributed by atoms with E-state index in [9.17, 15) is 18.5 Å². The molecule has 8 nitrogen and oxygen atoms in total. The molecule has 0 aliphatic carbocycles. The summed E-state index contributed by atoms with van der Waals surface area (Å²) in [4.78, 5) is 10.2. The zero-order chi connectivity index (χ0) is 15.7. The Morgan fingerprint density at radius 3 is 2.67 bits per heavy atom. The lowest BCUT2D eigenvalue weighted by molar-refractivity contribution is -0.384. The molecule has 0 radical (unpaired) electrons. The van der Waals surface area contributed by atoms with Crippen LogP contribution in [-0.4, -0.2) is 39.1 Å². The third kappa shape index (κ3) is 3.31. The normalized spacial score (nSPS) is 22.2. The Hall–Kier alpha value is -1.71. The lowest BCUT2D eigenvalue weighted by atomic mass is 10.0. The first kappa shape index (κ1) is 15.7. The maximum Gasteiger partial charge on any atom is 0.293 e. The molecular formula is C12H17N3O5S. The molecule has 9 heteroatoms. The summed E-state index contributed by atoms with van der Waals surface area (Å²) < 4.78 is 32.5. The van der Waals surface area contributed by atoms with Crippen molar-refractivity contribution in [3.8, 4) is 0 Å². The largest absolute Gasteiger partial charge is 0.383 e. The molecule has 1 unspecified atom stereocenters. The minimum Gasteiger partial charge on any atom is -0.383 e. The van der Waals surface area contributed by atoms with Crippen molar-refractivity contribution in [2.45, 2.75) is 23.8 Å². The van der Waals surface area contributed by atoms with E-state index in [1.165, 1.54) is 19.2 Å². The Morgan fingerprint density at radius 2 is 2.14 bits per heavy atom. The van der Waals surface area contributed by atoms with Crippen LogP contribution in [0.4, 0.5) is 11.4 Å². The molecule has 0 amide bonds. The molecule has 1 saturated heterocycles. The standard InChI is InChI=1S/C12H17N3O5S/c1-12(5-6-20-8-12)14-21(18,19)9-3-4-10(13-2)11(7-9)15(16)17/h3-4,7,13-14H,5-6,8H2,1-2H3. The Labute approximate surface area is 122 Å². The summed E-state index contributed by atoms with van der Waals surface area (Å²) in [5.74, 6) is 0. The van der Waals surface area contributed by atoms with E-state index in [4.69, 9.17) is 4.74 Å². The number of rotatable bonds is 5. The molecule has 0 saturated carbocycles. The molecule has 2 N–H and O–H groups in total. The summed E-state index contributed by atoms with van der Waals surface area (Å²) in [6.45, 7) is 2.51. The average molecular weight is 315 g/mol. The van der Waals surface area contributed by atoms with Crippen molar-refractivity contribution in [3.63, 3.8) is 0 Å². The van der Waals surface area contributed by atoms with E-state index in [1.54, 1.807) is 6.92 Å². The predicted molar refractivity (Wildman–Crippen MR) is 76.8 cm³/mol. The Morgan fingerprint density at radius 1 is 1.43 bits per heavy atom. The first-order valence-corrected chi connectivity index (χ1v) is 7.84. The smallest absolute Gasteiger partial charge is 0.293 e. The molecule has 0 spiro atoms. The summed E-state index contributed by atoms with van der Waals surface area (Å²) >= 11 is 0. The van der Waals surface area contributed by atoms with E-state index in [0.29, 0.717) is 13.0 Å². The van der Waals surface area contributed by atoms with Crippen LogP contribution < -0.4 is 10.0 Å². The van der Waals surface area contributed by atoms with Gasteiger partial charge in [0.2, 0.25) is 10.0 Å². The van der Waals surface area contributed by atoms with Crippen LogP contribution in [0.1, 0.15) is 13.3 Å². The van der Waals surface area contributed by atoms with Crippen molar-refractivity contribution in [2.24, 2.45) is 0 Å². The van der Waals surface area contributed by atoms with Gasteiger partial charge in [-0.3, -0.25) is 10.1 Å². The van der Waals surface area contributed by atoms with Gasteiger partial charge < -0.3 is 10.1 Å². The van der Waals surface area contributed by atoms with Crippen LogP contribution >= 0.6 is 0 Å². The van der Waals surface area contributed by atoms with Gasteiger partial charge in [-0.05, 0) is 25.5 Å². The van der Waals surface area contributed by atoms with E-state index in [2.05, 4.69) is 10.0 Å². The molecule has 1 aliphatic heterocycles. The quantitative estimate of drug-likeness (QED) is 0.621. The highest BCUT2D eigenvalue weighted by Gasteiger charge is 2.35. The molecule has 21 heavy (non-hydrogen) atoms. The molecule has 1 aromatic carbocycles. The van der Waals surface area contributed by atoms with E-state index >= 15 is 0 Å². The van der Waals surface area contributed by atoms with Crippen molar-refractivity contribution < 1.29 is 18.1 Å². The van der Waals surface area contributed by atoms with Gasteiger partial charge in [0.25, 0.3) is 5.69 Å². The van der Waals surface area contributed by atoms with Crippen LogP contribution in [0.2, 0.25) is 0 Å².